The molecule has 0 radical (unpaired) electrons. The zero-order valence-corrected chi connectivity index (χ0v) is 11.1. The minimum Gasteiger partial charge on any atom is -0.496 e. The molecule has 0 heterocycles. The van der Waals surface area contributed by atoms with Gasteiger partial charge in [0, 0.05) is 18.3 Å². The summed E-state index contributed by atoms with van der Waals surface area (Å²) in [4.78, 5) is 23.0. The van der Waals surface area contributed by atoms with E-state index in [1.54, 1.807) is 25.1 Å². The molecule has 0 saturated heterocycles. The number of rotatable bonds is 6. The summed E-state index contributed by atoms with van der Waals surface area (Å²) in [5, 5.41) is 2.62. The number of nitrogens with two attached hydrogens (primary N) is 1. The highest BCUT2D eigenvalue weighted by atomic mass is 16.5. The second kappa shape index (κ2) is 7.25. The second-order valence-electron chi connectivity index (χ2n) is 3.77. The van der Waals surface area contributed by atoms with Crippen LogP contribution in [0, 0.1) is 0 Å². The number of nitrogens with one attached hydrogen (secondary N) is 1. The summed E-state index contributed by atoms with van der Waals surface area (Å²) in [7, 11) is 1.46. The van der Waals surface area contributed by atoms with Crippen LogP contribution in [0.25, 0.3) is 0 Å². The Labute approximate surface area is 111 Å². The SMILES string of the molecule is CCOC(=O)CCNC(=O)c1ccc(N)cc1OC. The summed E-state index contributed by atoms with van der Waals surface area (Å²) >= 11 is 0. The van der Waals surface area contributed by atoms with E-state index in [1.165, 1.54) is 7.11 Å². The number of hydrogen-bond donors (Lipinski definition) is 2. The predicted octanol–water partition coefficient (Wildman–Crippen LogP) is 0.960. The molecule has 0 bridgehead atoms. The van der Waals surface area contributed by atoms with Crippen LogP contribution < -0.4 is 15.8 Å². The molecule has 6 nitrogen and oxygen atoms in total. The van der Waals surface area contributed by atoms with Crippen LogP contribution in [-0.4, -0.2) is 32.1 Å². The van der Waals surface area contributed by atoms with Gasteiger partial charge < -0.3 is 20.5 Å². The zero-order chi connectivity index (χ0) is 14.3. The van der Waals surface area contributed by atoms with Gasteiger partial charge in [-0.15, -0.1) is 0 Å². The predicted molar refractivity (Wildman–Crippen MR) is 71.0 cm³/mol. The van der Waals surface area contributed by atoms with Crippen molar-refractivity contribution < 1.29 is 19.1 Å². The van der Waals surface area contributed by atoms with Crippen LogP contribution >= 0.6 is 0 Å². The van der Waals surface area contributed by atoms with E-state index in [4.69, 9.17) is 15.2 Å². The Bertz CT molecular complexity index is 460. The molecule has 0 fully saturated rings. The number of benzene rings is 1. The molecule has 1 aromatic rings. The van der Waals surface area contributed by atoms with Gasteiger partial charge >= 0.3 is 5.97 Å². The molecule has 0 atom stereocenters. The number of amides is 1. The zero-order valence-electron chi connectivity index (χ0n) is 11.1. The van der Waals surface area contributed by atoms with Crippen LogP contribution in [0.1, 0.15) is 23.7 Å². The van der Waals surface area contributed by atoms with E-state index in [0.717, 1.165) is 0 Å². The minimum atomic E-state index is -0.341. The molecule has 0 saturated carbocycles. The van der Waals surface area contributed by atoms with E-state index in [2.05, 4.69) is 5.32 Å². The summed E-state index contributed by atoms with van der Waals surface area (Å²) in [5.41, 5.74) is 6.49. The smallest absolute Gasteiger partial charge is 0.307 e. The molecule has 1 amide bonds. The van der Waals surface area contributed by atoms with Crippen LogP contribution in [0.4, 0.5) is 5.69 Å². The maximum absolute atomic E-state index is 11.9. The molecule has 0 unspecified atom stereocenters. The third kappa shape index (κ3) is 4.50. The molecule has 1 aromatic carbocycles. The van der Waals surface area contributed by atoms with Crippen molar-refractivity contribution in [1.82, 2.24) is 5.32 Å². The van der Waals surface area contributed by atoms with Crippen LogP contribution in [0.3, 0.4) is 0 Å². The van der Waals surface area contributed by atoms with E-state index in [-0.39, 0.29) is 24.8 Å². The van der Waals surface area contributed by atoms with Gasteiger partial charge in [0.1, 0.15) is 5.75 Å². The quantitative estimate of drug-likeness (QED) is 0.591. The van der Waals surface area contributed by atoms with Crippen molar-refractivity contribution in [2.75, 3.05) is 26.0 Å². The van der Waals surface area contributed by atoms with Crippen molar-refractivity contribution in [3.05, 3.63) is 23.8 Å². The van der Waals surface area contributed by atoms with Gasteiger partial charge in [0.2, 0.25) is 0 Å². The lowest BCUT2D eigenvalue weighted by molar-refractivity contribution is -0.142. The van der Waals surface area contributed by atoms with Gasteiger partial charge in [0.15, 0.2) is 0 Å². The summed E-state index contributed by atoms with van der Waals surface area (Å²) in [6.07, 6.45) is 0.136. The van der Waals surface area contributed by atoms with Crippen LogP contribution in [0.15, 0.2) is 18.2 Å². The van der Waals surface area contributed by atoms with Crippen LogP contribution in [-0.2, 0) is 9.53 Å². The molecule has 0 aliphatic rings. The van der Waals surface area contributed by atoms with E-state index in [9.17, 15) is 9.59 Å². The summed E-state index contributed by atoms with van der Waals surface area (Å²) in [6.45, 7) is 2.28. The Morgan fingerprint density at radius 2 is 2.11 bits per heavy atom. The monoisotopic (exact) mass is 266 g/mol. The summed E-state index contributed by atoms with van der Waals surface area (Å²) in [5.74, 6) is -0.262. The number of nitrogen functional groups attached to an aromatic ring is 1. The van der Waals surface area contributed by atoms with Gasteiger partial charge in [-0.3, -0.25) is 9.59 Å². The Morgan fingerprint density at radius 3 is 2.74 bits per heavy atom. The minimum absolute atomic E-state index is 0.136. The number of anilines is 1. The first kappa shape index (κ1) is 14.8. The van der Waals surface area contributed by atoms with Crippen molar-refractivity contribution in [2.45, 2.75) is 13.3 Å². The fraction of sp³-hybridized carbons (Fsp3) is 0.385. The van der Waals surface area contributed by atoms with Gasteiger partial charge in [-0.1, -0.05) is 0 Å². The lowest BCUT2D eigenvalue weighted by Crippen LogP contribution is -2.27. The summed E-state index contributed by atoms with van der Waals surface area (Å²) in [6, 6.07) is 4.76. The first-order valence-electron chi connectivity index (χ1n) is 5.95. The highest BCUT2D eigenvalue weighted by Gasteiger charge is 2.12. The fourth-order valence-electron chi connectivity index (χ4n) is 1.50. The van der Waals surface area contributed by atoms with E-state index in [1.807, 2.05) is 0 Å². The van der Waals surface area contributed by atoms with Crippen LogP contribution in [0.5, 0.6) is 5.75 Å². The Kier molecular flexibility index (Phi) is 5.66. The van der Waals surface area contributed by atoms with E-state index in [0.29, 0.717) is 23.6 Å². The molecule has 19 heavy (non-hydrogen) atoms. The van der Waals surface area contributed by atoms with E-state index >= 15 is 0 Å². The maximum atomic E-state index is 11.9. The first-order valence-corrected chi connectivity index (χ1v) is 5.95. The Hall–Kier alpha value is -2.24. The molecule has 1 rings (SSSR count). The molecule has 0 aromatic heterocycles. The molecule has 0 aliphatic carbocycles. The molecule has 104 valence electrons. The molecule has 0 spiro atoms. The molecule has 3 N–H and O–H groups in total. The first-order chi connectivity index (χ1) is 9.08. The molecular formula is C13H18N2O4. The number of hydrogen-bond acceptors (Lipinski definition) is 5. The summed E-state index contributed by atoms with van der Waals surface area (Å²) < 4.78 is 9.84. The number of methoxy groups -OCH3 is 1. The Balaban J connectivity index is 2.56. The van der Waals surface area contributed by atoms with E-state index < -0.39 is 0 Å². The van der Waals surface area contributed by atoms with Crippen molar-refractivity contribution >= 4 is 17.6 Å². The topological polar surface area (TPSA) is 90.7 Å². The average Bonchev–Trinajstić information content (AvgIpc) is 2.38. The lowest BCUT2D eigenvalue weighted by atomic mass is 10.1. The number of ether oxygens (including phenoxy) is 2. The molecule has 0 aliphatic heterocycles. The molecule has 6 heteroatoms. The maximum Gasteiger partial charge on any atom is 0.307 e. The Morgan fingerprint density at radius 1 is 1.37 bits per heavy atom. The second-order valence-corrected chi connectivity index (χ2v) is 3.77. The van der Waals surface area contributed by atoms with Crippen molar-refractivity contribution in [3.63, 3.8) is 0 Å². The number of esters is 1. The van der Waals surface area contributed by atoms with Crippen molar-refractivity contribution in [3.8, 4) is 5.75 Å². The van der Waals surface area contributed by atoms with Gasteiger partial charge in [-0.05, 0) is 19.1 Å². The van der Waals surface area contributed by atoms with Gasteiger partial charge in [-0.2, -0.15) is 0 Å². The van der Waals surface area contributed by atoms with Gasteiger partial charge in [0.25, 0.3) is 5.91 Å². The normalized spacial score (nSPS) is 9.79. The van der Waals surface area contributed by atoms with Gasteiger partial charge in [-0.25, -0.2) is 0 Å². The average molecular weight is 266 g/mol. The lowest BCUT2D eigenvalue weighted by Gasteiger charge is -2.09. The number of carbonyl (C=O) groups is 2. The fourth-order valence-corrected chi connectivity index (χ4v) is 1.50. The molecular weight excluding hydrogens is 248 g/mol. The number of carbonyl (C=O) groups excluding carboxylic acids is 2. The van der Waals surface area contributed by atoms with Crippen molar-refractivity contribution in [2.24, 2.45) is 0 Å². The van der Waals surface area contributed by atoms with Gasteiger partial charge in [0.05, 0.1) is 25.7 Å². The van der Waals surface area contributed by atoms with Crippen LogP contribution in [0.2, 0.25) is 0 Å². The largest absolute Gasteiger partial charge is 0.496 e. The standard InChI is InChI=1S/C13H18N2O4/c1-3-19-12(16)6-7-15-13(17)10-5-4-9(14)8-11(10)18-2/h4-5,8H,3,6-7,14H2,1-2H3,(H,15,17). The third-order valence-electron chi connectivity index (χ3n) is 2.39. The highest BCUT2D eigenvalue weighted by Crippen LogP contribution is 2.21. The highest BCUT2D eigenvalue weighted by molar-refractivity contribution is 5.97. The third-order valence-corrected chi connectivity index (χ3v) is 2.39. The van der Waals surface area contributed by atoms with Crippen molar-refractivity contribution in [1.29, 1.82) is 0 Å².